The molecule has 1 aliphatic rings. The van der Waals surface area contributed by atoms with Crippen LogP contribution in [0.25, 0.3) is 0 Å². The molecule has 2 N–H and O–H groups in total. The van der Waals surface area contributed by atoms with Gasteiger partial charge in [0.05, 0.1) is 13.2 Å². The van der Waals surface area contributed by atoms with E-state index < -0.39 is 0 Å². The van der Waals surface area contributed by atoms with Gasteiger partial charge in [-0.1, -0.05) is 0 Å². The molecule has 0 aromatic rings. The summed E-state index contributed by atoms with van der Waals surface area (Å²) in [5.74, 6) is 1.73. The Morgan fingerprint density at radius 3 is 2.68 bits per heavy atom. The Labute approximate surface area is 122 Å². The summed E-state index contributed by atoms with van der Waals surface area (Å²) < 4.78 is 5.79. The Hall–Kier alpha value is -0.420. The van der Waals surface area contributed by atoms with Crippen LogP contribution >= 0.6 is 11.8 Å². The normalized spacial score (nSPS) is 16.5. The van der Waals surface area contributed by atoms with Gasteiger partial charge in [0.25, 0.3) is 0 Å². The van der Waals surface area contributed by atoms with Crippen LogP contribution in [0.1, 0.15) is 33.6 Å². The minimum absolute atomic E-state index is 0.185. The molecule has 4 nitrogen and oxygen atoms in total. The first-order valence-corrected chi connectivity index (χ1v) is 8.45. The van der Waals surface area contributed by atoms with E-state index in [4.69, 9.17) is 4.74 Å². The van der Waals surface area contributed by atoms with E-state index in [1.54, 1.807) is 0 Å². The number of nitrogens with zero attached hydrogens (tertiary/aromatic N) is 1. The highest BCUT2D eigenvalue weighted by molar-refractivity contribution is 7.99. The zero-order valence-corrected chi connectivity index (χ0v) is 13.6. The lowest BCUT2D eigenvalue weighted by Gasteiger charge is -2.20. The highest BCUT2D eigenvalue weighted by Gasteiger charge is 2.20. The van der Waals surface area contributed by atoms with Crippen LogP contribution < -0.4 is 10.6 Å². The molecule has 5 heteroatoms. The quantitative estimate of drug-likeness (QED) is 0.387. The summed E-state index contributed by atoms with van der Waals surface area (Å²) in [5.41, 5.74) is 0. The maximum absolute atomic E-state index is 5.60. The van der Waals surface area contributed by atoms with Gasteiger partial charge in [-0.25, -0.2) is 0 Å². The summed E-state index contributed by atoms with van der Waals surface area (Å²) in [6.07, 6.45) is 4.82. The van der Waals surface area contributed by atoms with Crippen molar-refractivity contribution >= 4 is 17.7 Å². The Kier molecular flexibility index (Phi) is 7.61. The van der Waals surface area contributed by atoms with Crippen molar-refractivity contribution in [2.24, 2.45) is 10.9 Å². The molecule has 0 aromatic carbocycles. The minimum atomic E-state index is 0.185. The average Bonchev–Trinajstić information content (AvgIpc) is 3.19. The van der Waals surface area contributed by atoms with Gasteiger partial charge in [0, 0.05) is 24.4 Å². The molecule has 0 aromatic heterocycles. The summed E-state index contributed by atoms with van der Waals surface area (Å²) >= 11 is 1.84. The Morgan fingerprint density at radius 1 is 1.37 bits per heavy atom. The smallest absolute Gasteiger partial charge is 0.191 e. The van der Waals surface area contributed by atoms with Crippen molar-refractivity contribution in [2.75, 3.05) is 39.1 Å². The highest BCUT2D eigenvalue weighted by Crippen LogP contribution is 2.28. The topological polar surface area (TPSA) is 45.7 Å². The van der Waals surface area contributed by atoms with Crippen molar-refractivity contribution in [1.82, 2.24) is 10.6 Å². The molecule has 0 spiro atoms. The molecule has 112 valence electrons. The van der Waals surface area contributed by atoms with E-state index in [2.05, 4.69) is 42.7 Å². The Morgan fingerprint density at radius 2 is 2.11 bits per heavy atom. The molecule has 0 heterocycles. The van der Waals surface area contributed by atoms with Crippen LogP contribution in [0, 0.1) is 5.92 Å². The van der Waals surface area contributed by atoms with Crippen LogP contribution in [0.5, 0.6) is 0 Å². The fourth-order valence-electron chi connectivity index (χ4n) is 1.45. The van der Waals surface area contributed by atoms with Gasteiger partial charge in [0.15, 0.2) is 5.96 Å². The second-order valence-corrected chi connectivity index (χ2v) is 7.12. The third-order valence-electron chi connectivity index (χ3n) is 3.10. The third kappa shape index (κ3) is 8.37. The lowest BCUT2D eigenvalue weighted by molar-refractivity contribution is 0.129. The molecule has 0 saturated heterocycles. The fraction of sp³-hybridized carbons (Fsp3) is 0.929. The van der Waals surface area contributed by atoms with Gasteiger partial charge < -0.3 is 15.4 Å². The SMILES string of the molecule is CCNC(=NCC(C)(C)SC)NCCOCC1CC1. The summed E-state index contributed by atoms with van der Waals surface area (Å²) in [5, 5.41) is 6.58. The zero-order valence-electron chi connectivity index (χ0n) is 12.8. The van der Waals surface area contributed by atoms with Crippen LogP contribution in [0.4, 0.5) is 0 Å². The van der Waals surface area contributed by atoms with E-state index in [1.165, 1.54) is 12.8 Å². The predicted octanol–water partition coefficient (Wildman–Crippen LogP) is 2.11. The summed E-state index contributed by atoms with van der Waals surface area (Å²) in [7, 11) is 0. The standard InChI is InChI=1S/C14H29N3OS/c1-5-15-13(17-11-14(2,3)19-4)16-8-9-18-10-12-6-7-12/h12H,5-11H2,1-4H3,(H2,15,16,17). The Bertz CT molecular complexity index is 278. The van der Waals surface area contributed by atoms with Crippen LogP contribution in [-0.2, 0) is 4.74 Å². The summed E-state index contributed by atoms with van der Waals surface area (Å²) in [6.45, 7) is 10.7. The van der Waals surface area contributed by atoms with Crippen molar-refractivity contribution in [2.45, 2.75) is 38.4 Å². The lowest BCUT2D eigenvalue weighted by atomic mass is 10.2. The summed E-state index contributed by atoms with van der Waals surface area (Å²) in [6, 6.07) is 0. The first-order chi connectivity index (χ1) is 9.07. The van der Waals surface area contributed by atoms with Gasteiger partial charge in [0.1, 0.15) is 0 Å². The molecule has 19 heavy (non-hydrogen) atoms. The van der Waals surface area contributed by atoms with E-state index in [9.17, 15) is 0 Å². The van der Waals surface area contributed by atoms with Crippen LogP contribution in [0.15, 0.2) is 4.99 Å². The number of aliphatic imine (C=N–C) groups is 1. The number of guanidine groups is 1. The summed E-state index contributed by atoms with van der Waals surface area (Å²) in [4.78, 5) is 4.62. The van der Waals surface area contributed by atoms with Gasteiger partial charge >= 0.3 is 0 Å². The van der Waals surface area contributed by atoms with E-state index >= 15 is 0 Å². The minimum Gasteiger partial charge on any atom is -0.379 e. The molecule has 0 unspecified atom stereocenters. The van der Waals surface area contributed by atoms with Crippen molar-refractivity contribution in [3.8, 4) is 0 Å². The van der Waals surface area contributed by atoms with E-state index in [1.807, 2.05) is 11.8 Å². The molecular formula is C14H29N3OS. The molecule has 1 aliphatic carbocycles. The van der Waals surface area contributed by atoms with Crippen molar-refractivity contribution in [3.05, 3.63) is 0 Å². The molecule has 1 rings (SSSR count). The van der Waals surface area contributed by atoms with Crippen LogP contribution in [0.3, 0.4) is 0 Å². The van der Waals surface area contributed by atoms with E-state index in [0.29, 0.717) is 0 Å². The number of hydrogen-bond acceptors (Lipinski definition) is 3. The van der Waals surface area contributed by atoms with Crippen LogP contribution in [0.2, 0.25) is 0 Å². The number of ether oxygens (including phenoxy) is 1. The monoisotopic (exact) mass is 287 g/mol. The van der Waals surface area contributed by atoms with E-state index in [-0.39, 0.29) is 4.75 Å². The van der Waals surface area contributed by atoms with Gasteiger partial charge in [0.2, 0.25) is 0 Å². The molecular weight excluding hydrogens is 258 g/mol. The van der Waals surface area contributed by atoms with Crippen molar-refractivity contribution in [1.29, 1.82) is 0 Å². The van der Waals surface area contributed by atoms with Crippen LogP contribution in [-0.4, -0.2) is 49.8 Å². The molecule has 1 fully saturated rings. The number of hydrogen-bond donors (Lipinski definition) is 2. The molecule has 0 radical (unpaired) electrons. The maximum atomic E-state index is 5.60. The maximum Gasteiger partial charge on any atom is 0.191 e. The average molecular weight is 287 g/mol. The van der Waals surface area contributed by atoms with Gasteiger partial charge in [-0.2, -0.15) is 11.8 Å². The molecule has 0 atom stereocenters. The fourth-order valence-corrected chi connectivity index (χ4v) is 1.65. The number of rotatable bonds is 9. The lowest BCUT2D eigenvalue weighted by Crippen LogP contribution is -2.40. The Balaban J connectivity index is 2.19. The third-order valence-corrected chi connectivity index (χ3v) is 4.34. The zero-order chi connectivity index (χ0) is 14.1. The molecule has 0 amide bonds. The molecule has 1 saturated carbocycles. The second-order valence-electron chi connectivity index (χ2n) is 5.60. The molecule has 0 bridgehead atoms. The second kappa shape index (κ2) is 8.69. The number of nitrogens with one attached hydrogen (secondary N) is 2. The molecule has 0 aliphatic heterocycles. The first-order valence-electron chi connectivity index (χ1n) is 7.22. The van der Waals surface area contributed by atoms with Crippen molar-refractivity contribution in [3.63, 3.8) is 0 Å². The van der Waals surface area contributed by atoms with Gasteiger partial charge in [-0.05, 0) is 45.8 Å². The van der Waals surface area contributed by atoms with E-state index in [0.717, 1.165) is 44.7 Å². The van der Waals surface area contributed by atoms with Crippen molar-refractivity contribution < 1.29 is 4.74 Å². The predicted molar refractivity (Wildman–Crippen MR) is 85.1 cm³/mol. The number of thioether (sulfide) groups is 1. The first kappa shape index (κ1) is 16.6. The van der Waals surface area contributed by atoms with Gasteiger partial charge in [-0.15, -0.1) is 0 Å². The largest absolute Gasteiger partial charge is 0.379 e. The highest BCUT2D eigenvalue weighted by atomic mass is 32.2. The van der Waals surface area contributed by atoms with Gasteiger partial charge in [-0.3, -0.25) is 4.99 Å².